The van der Waals surface area contributed by atoms with Gasteiger partial charge in [0, 0.05) is 19.6 Å². The molecule has 0 aliphatic carbocycles. The zero-order chi connectivity index (χ0) is 16.5. The molecule has 1 aromatic rings. The predicted molar refractivity (Wildman–Crippen MR) is 92.3 cm³/mol. The van der Waals surface area contributed by atoms with Gasteiger partial charge in [0.05, 0.1) is 6.61 Å². The first kappa shape index (κ1) is 17.8. The number of amides is 2. The number of carbonyl (C=O) groups excluding carboxylic acids is 1. The van der Waals surface area contributed by atoms with Crippen LogP contribution in [-0.4, -0.2) is 48.8 Å². The Labute approximate surface area is 139 Å². The molecule has 0 radical (unpaired) electrons. The summed E-state index contributed by atoms with van der Waals surface area (Å²) < 4.78 is 0. The Morgan fingerprint density at radius 3 is 2.70 bits per heavy atom. The van der Waals surface area contributed by atoms with E-state index in [-0.39, 0.29) is 12.6 Å². The van der Waals surface area contributed by atoms with E-state index in [9.17, 15) is 4.79 Å². The molecule has 1 aromatic carbocycles. The van der Waals surface area contributed by atoms with Gasteiger partial charge in [-0.15, -0.1) is 0 Å². The van der Waals surface area contributed by atoms with E-state index in [0.29, 0.717) is 12.5 Å². The molecule has 23 heavy (non-hydrogen) atoms. The standard InChI is InChI=1S/C18H29N3O2/c1-2-21-11-3-4-17(13-21)12-20-18(23)19-10-9-15-5-7-16(14-22)8-6-15/h5-8,17,22H,2-4,9-14H2,1H3,(H2,19,20,23). The molecule has 128 valence electrons. The van der Waals surface area contributed by atoms with E-state index in [0.717, 1.165) is 37.2 Å². The van der Waals surface area contributed by atoms with E-state index >= 15 is 0 Å². The van der Waals surface area contributed by atoms with Crippen molar-refractivity contribution >= 4 is 6.03 Å². The minimum atomic E-state index is -0.0781. The van der Waals surface area contributed by atoms with Gasteiger partial charge in [0.1, 0.15) is 0 Å². The first-order valence-corrected chi connectivity index (χ1v) is 8.64. The molecule has 0 bridgehead atoms. The molecule has 3 N–H and O–H groups in total. The van der Waals surface area contributed by atoms with Crippen LogP contribution in [0.5, 0.6) is 0 Å². The van der Waals surface area contributed by atoms with Gasteiger partial charge in [-0.2, -0.15) is 0 Å². The number of hydrogen-bond donors (Lipinski definition) is 3. The van der Waals surface area contributed by atoms with E-state index < -0.39 is 0 Å². The number of carbonyl (C=O) groups is 1. The fraction of sp³-hybridized carbons (Fsp3) is 0.611. The number of rotatable bonds is 7. The maximum atomic E-state index is 11.9. The Bertz CT molecular complexity index is 476. The number of hydrogen-bond acceptors (Lipinski definition) is 3. The lowest BCUT2D eigenvalue weighted by Gasteiger charge is -2.31. The van der Waals surface area contributed by atoms with Crippen molar-refractivity contribution in [1.29, 1.82) is 0 Å². The third-order valence-corrected chi connectivity index (χ3v) is 4.51. The van der Waals surface area contributed by atoms with Crippen molar-refractivity contribution < 1.29 is 9.90 Å². The van der Waals surface area contributed by atoms with E-state index in [1.54, 1.807) is 0 Å². The zero-order valence-corrected chi connectivity index (χ0v) is 14.1. The molecule has 5 nitrogen and oxygen atoms in total. The minimum Gasteiger partial charge on any atom is -0.392 e. The highest BCUT2D eigenvalue weighted by Gasteiger charge is 2.18. The van der Waals surface area contributed by atoms with Crippen molar-refractivity contribution in [1.82, 2.24) is 15.5 Å². The molecule has 5 heteroatoms. The molecule has 1 aliphatic rings. The smallest absolute Gasteiger partial charge is 0.314 e. The van der Waals surface area contributed by atoms with Crippen molar-refractivity contribution in [3.05, 3.63) is 35.4 Å². The Balaban J connectivity index is 1.61. The second kappa shape index (κ2) is 9.53. The SMILES string of the molecule is CCN1CCCC(CNC(=O)NCCc2ccc(CO)cc2)C1. The van der Waals surface area contributed by atoms with Crippen LogP contribution in [0.3, 0.4) is 0 Å². The number of benzene rings is 1. The van der Waals surface area contributed by atoms with Gasteiger partial charge >= 0.3 is 6.03 Å². The van der Waals surface area contributed by atoms with Gasteiger partial charge in [-0.25, -0.2) is 4.79 Å². The first-order valence-electron chi connectivity index (χ1n) is 8.64. The number of urea groups is 1. The van der Waals surface area contributed by atoms with Gasteiger partial charge in [0.25, 0.3) is 0 Å². The number of likely N-dealkylation sites (tertiary alicyclic amines) is 1. The summed E-state index contributed by atoms with van der Waals surface area (Å²) in [4.78, 5) is 14.3. The molecule has 1 heterocycles. The van der Waals surface area contributed by atoms with Crippen LogP contribution < -0.4 is 10.6 Å². The molecule has 1 saturated heterocycles. The quantitative estimate of drug-likeness (QED) is 0.717. The summed E-state index contributed by atoms with van der Waals surface area (Å²) in [6.45, 7) is 7.01. The van der Waals surface area contributed by atoms with E-state index in [4.69, 9.17) is 5.11 Å². The number of nitrogens with one attached hydrogen (secondary N) is 2. The summed E-state index contributed by atoms with van der Waals surface area (Å²) >= 11 is 0. The first-order chi connectivity index (χ1) is 11.2. The average Bonchev–Trinajstić information content (AvgIpc) is 2.61. The molecule has 2 amide bonds. The highest BCUT2D eigenvalue weighted by Crippen LogP contribution is 2.15. The van der Waals surface area contributed by atoms with Crippen LogP contribution in [0.1, 0.15) is 30.9 Å². The van der Waals surface area contributed by atoms with Crippen LogP contribution in [0.4, 0.5) is 4.79 Å². The molecule has 0 spiro atoms. The summed E-state index contributed by atoms with van der Waals surface area (Å²) in [7, 11) is 0. The zero-order valence-electron chi connectivity index (χ0n) is 14.1. The number of aliphatic hydroxyl groups excluding tert-OH is 1. The summed E-state index contributed by atoms with van der Waals surface area (Å²) in [5, 5.41) is 14.9. The molecule has 1 atom stereocenters. The topological polar surface area (TPSA) is 64.6 Å². The third-order valence-electron chi connectivity index (χ3n) is 4.51. The van der Waals surface area contributed by atoms with Crippen LogP contribution >= 0.6 is 0 Å². The van der Waals surface area contributed by atoms with E-state index in [1.807, 2.05) is 24.3 Å². The van der Waals surface area contributed by atoms with Gasteiger partial charge in [0.2, 0.25) is 0 Å². The highest BCUT2D eigenvalue weighted by atomic mass is 16.3. The van der Waals surface area contributed by atoms with Crippen LogP contribution in [0.25, 0.3) is 0 Å². The summed E-state index contributed by atoms with van der Waals surface area (Å²) in [5.74, 6) is 0.570. The lowest BCUT2D eigenvalue weighted by atomic mass is 9.98. The lowest BCUT2D eigenvalue weighted by Crippen LogP contribution is -2.43. The molecular formula is C18H29N3O2. The van der Waals surface area contributed by atoms with Crippen LogP contribution in [0.15, 0.2) is 24.3 Å². The minimum absolute atomic E-state index is 0.0670. The van der Waals surface area contributed by atoms with Crippen LogP contribution in [0, 0.1) is 5.92 Å². The lowest BCUT2D eigenvalue weighted by molar-refractivity contribution is 0.179. The van der Waals surface area contributed by atoms with Gasteiger partial charge in [0.15, 0.2) is 0 Å². The summed E-state index contributed by atoms with van der Waals surface area (Å²) in [5.41, 5.74) is 2.07. The molecule has 2 rings (SSSR count). The van der Waals surface area contributed by atoms with Crippen molar-refractivity contribution in [2.24, 2.45) is 5.92 Å². The van der Waals surface area contributed by atoms with Crippen molar-refractivity contribution in [2.75, 3.05) is 32.7 Å². The van der Waals surface area contributed by atoms with E-state index in [1.165, 1.54) is 19.4 Å². The third kappa shape index (κ3) is 6.20. The molecule has 1 aliphatic heterocycles. The molecule has 0 aromatic heterocycles. The molecule has 0 saturated carbocycles. The van der Waals surface area contributed by atoms with Crippen LogP contribution in [-0.2, 0) is 13.0 Å². The monoisotopic (exact) mass is 319 g/mol. The molecule has 1 fully saturated rings. The van der Waals surface area contributed by atoms with Crippen molar-refractivity contribution in [2.45, 2.75) is 32.8 Å². The fourth-order valence-corrected chi connectivity index (χ4v) is 3.04. The van der Waals surface area contributed by atoms with Gasteiger partial charge in [-0.05, 0) is 49.4 Å². The number of piperidine rings is 1. The summed E-state index contributed by atoms with van der Waals surface area (Å²) in [6.07, 6.45) is 3.23. The molecular weight excluding hydrogens is 290 g/mol. The Kier molecular flexibility index (Phi) is 7.36. The highest BCUT2D eigenvalue weighted by molar-refractivity contribution is 5.73. The normalized spacial score (nSPS) is 18.6. The van der Waals surface area contributed by atoms with Gasteiger partial charge in [-0.3, -0.25) is 0 Å². The molecule has 1 unspecified atom stereocenters. The fourth-order valence-electron chi connectivity index (χ4n) is 3.04. The second-order valence-electron chi connectivity index (χ2n) is 6.26. The predicted octanol–water partition coefficient (Wildman–Crippen LogP) is 1.75. The second-order valence-corrected chi connectivity index (χ2v) is 6.26. The Hall–Kier alpha value is -1.59. The van der Waals surface area contributed by atoms with Crippen molar-refractivity contribution in [3.63, 3.8) is 0 Å². The van der Waals surface area contributed by atoms with Gasteiger partial charge < -0.3 is 20.6 Å². The van der Waals surface area contributed by atoms with Gasteiger partial charge in [-0.1, -0.05) is 31.2 Å². The Morgan fingerprint density at radius 1 is 1.26 bits per heavy atom. The maximum Gasteiger partial charge on any atom is 0.314 e. The Morgan fingerprint density at radius 2 is 2.00 bits per heavy atom. The largest absolute Gasteiger partial charge is 0.392 e. The van der Waals surface area contributed by atoms with E-state index in [2.05, 4.69) is 22.5 Å². The van der Waals surface area contributed by atoms with Crippen molar-refractivity contribution in [3.8, 4) is 0 Å². The maximum absolute atomic E-state index is 11.9. The number of aliphatic hydroxyl groups is 1. The van der Waals surface area contributed by atoms with Crippen LogP contribution in [0.2, 0.25) is 0 Å². The number of nitrogens with zero attached hydrogens (tertiary/aromatic N) is 1. The average molecular weight is 319 g/mol. The summed E-state index contributed by atoms with van der Waals surface area (Å²) in [6, 6.07) is 7.74.